The summed E-state index contributed by atoms with van der Waals surface area (Å²) in [6, 6.07) is 3.47. The van der Waals surface area contributed by atoms with E-state index < -0.39 is 77.7 Å². The standard InChI is InChI=1S/C50H87N5O12/c1-17-53(33(6)41-39(59-14)19-18-20-51-41)21-22-54-28-50(67-36(54)9)35(8)63-40(25-49(50,11)61-16)65-44-31(4)45(66-47-43(57)38(52(12)13)23-30(3)62-47)48(10,60-15)24-29(2)42(56)34(7)55-26-37(27-55)64-46(58)32(44)5/h18-20,29-38,40,42-45,47,56-57H,17,21-28H2,1-16H3/t29-,30-,31+,32-,33?,34+,35+,36?,38+,40+,42+,43-,44+,45-,47+,48+,49-,50-/m1/s1. The van der Waals surface area contributed by atoms with Crippen molar-refractivity contribution < 1.29 is 57.6 Å². The van der Waals surface area contributed by atoms with Crippen molar-refractivity contribution in [2.75, 3.05) is 74.7 Å². The number of carbonyl (C=O) groups is 1. The zero-order valence-electron chi connectivity index (χ0n) is 43.5. The predicted octanol–water partition coefficient (Wildman–Crippen LogP) is 4.32. The first-order chi connectivity index (χ1) is 31.6. The van der Waals surface area contributed by atoms with Gasteiger partial charge in [-0.3, -0.25) is 24.5 Å². The largest absolute Gasteiger partial charge is 0.495 e. The Morgan fingerprint density at radius 1 is 0.970 bits per heavy atom. The molecule has 2 bridgehead atoms. The Balaban J connectivity index is 1.28. The van der Waals surface area contributed by atoms with Gasteiger partial charge in [0.15, 0.2) is 12.6 Å². The zero-order chi connectivity index (χ0) is 49.3. The van der Waals surface area contributed by atoms with Crippen LogP contribution in [0.15, 0.2) is 18.3 Å². The highest BCUT2D eigenvalue weighted by molar-refractivity contribution is 5.73. The lowest BCUT2D eigenvalue weighted by atomic mass is 9.74. The van der Waals surface area contributed by atoms with E-state index >= 15 is 0 Å². The van der Waals surface area contributed by atoms with Gasteiger partial charge >= 0.3 is 5.97 Å². The molecule has 0 radical (unpaired) electrons. The first-order valence-corrected chi connectivity index (χ1v) is 24.9. The maximum atomic E-state index is 14.3. The first-order valence-electron chi connectivity index (χ1n) is 24.9. The molecular weight excluding hydrogens is 863 g/mol. The van der Waals surface area contributed by atoms with E-state index in [4.69, 9.17) is 42.6 Å². The van der Waals surface area contributed by atoms with Crippen LogP contribution < -0.4 is 4.74 Å². The van der Waals surface area contributed by atoms with Crippen LogP contribution in [-0.2, 0) is 42.7 Å². The summed E-state index contributed by atoms with van der Waals surface area (Å²) in [5.41, 5.74) is -1.88. The number of aliphatic hydroxyl groups is 2. The number of hydrogen-bond donors (Lipinski definition) is 2. The third-order valence-electron chi connectivity index (χ3n) is 16.6. The summed E-state index contributed by atoms with van der Waals surface area (Å²) in [6.45, 7) is 26.3. The Labute approximate surface area is 401 Å². The minimum absolute atomic E-state index is 0.0347. The number of rotatable bonds is 14. The molecule has 6 aliphatic heterocycles. The lowest BCUT2D eigenvalue weighted by Gasteiger charge is -2.54. The molecule has 7 rings (SSSR count). The summed E-state index contributed by atoms with van der Waals surface area (Å²) in [7, 11) is 8.91. The summed E-state index contributed by atoms with van der Waals surface area (Å²) >= 11 is 0. The minimum Gasteiger partial charge on any atom is -0.495 e. The quantitative estimate of drug-likeness (QED) is 0.253. The van der Waals surface area contributed by atoms with Gasteiger partial charge in [0.2, 0.25) is 0 Å². The number of carbonyl (C=O) groups excluding carboxylic acids is 1. The number of aromatic nitrogens is 1. The van der Waals surface area contributed by atoms with Crippen LogP contribution in [0.1, 0.15) is 107 Å². The van der Waals surface area contributed by atoms with E-state index in [9.17, 15) is 15.0 Å². The van der Waals surface area contributed by atoms with Crippen LogP contribution in [0.25, 0.3) is 0 Å². The first kappa shape index (κ1) is 54.2. The van der Waals surface area contributed by atoms with Crippen molar-refractivity contribution in [2.45, 2.75) is 192 Å². The molecule has 6 aliphatic rings. The van der Waals surface area contributed by atoms with E-state index in [0.717, 1.165) is 31.1 Å². The molecule has 2 N–H and O–H groups in total. The SMILES string of the molecule is CCN(CCN1C[C@@]2(OC1C)[C@H](C)O[C@@H](O[C@H]1[C@H](C)[C@@H](O[C@@H]3O[C@H](C)C[C@H](N(C)C)[C@H]3O)[C@@](C)(OC)C[C@@H](C)[C@H](O)[C@H](C)N3CC(C3)OC(=O)[C@@H]1C)C[C@@]2(C)OC)C(C)c1ncccc1OC. The number of hydrogen-bond acceptors (Lipinski definition) is 17. The van der Waals surface area contributed by atoms with E-state index in [1.165, 1.54) is 0 Å². The molecule has 0 aliphatic carbocycles. The molecule has 0 amide bonds. The van der Waals surface area contributed by atoms with Crippen molar-refractivity contribution in [3.05, 3.63) is 24.0 Å². The molecule has 384 valence electrons. The summed E-state index contributed by atoms with van der Waals surface area (Å²) < 4.78 is 59.3. The summed E-state index contributed by atoms with van der Waals surface area (Å²) in [6.07, 6.45) is -3.28. The van der Waals surface area contributed by atoms with Gasteiger partial charge in [-0.2, -0.15) is 0 Å². The van der Waals surface area contributed by atoms with Crippen molar-refractivity contribution in [1.29, 1.82) is 0 Å². The molecule has 1 aromatic heterocycles. The van der Waals surface area contributed by atoms with E-state index in [1.54, 1.807) is 27.5 Å². The normalized spacial score (nSPS) is 44.0. The number of pyridine rings is 1. The van der Waals surface area contributed by atoms with Crippen LogP contribution in [0.5, 0.6) is 5.75 Å². The van der Waals surface area contributed by atoms with Crippen LogP contribution in [0.2, 0.25) is 0 Å². The number of nitrogens with zero attached hydrogens (tertiary/aromatic N) is 5. The second-order valence-electron chi connectivity index (χ2n) is 21.1. The van der Waals surface area contributed by atoms with E-state index in [1.807, 2.05) is 79.6 Å². The molecule has 17 heteroatoms. The molecular formula is C50H87N5O12. The fourth-order valence-electron chi connectivity index (χ4n) is 11.9. The molecule has 2 unspecified atom stereocenters. The van der Waals surface area contributed by atoms with Crippen LogP contribution >= 0.6 is 0 Å². The zero-order valence-corrected chi connectivity index (χ0v) is 43.5. The van der Waals surface area contributed by atoms with E-state index in [-0.39, 0.29) is 42.5 Å². The number of esters is 1. The summed E-state index contributed by atoms with van der Waals surface area (Å²) in [5.74, 6) is -1.20. The molecule has 17 nitrogen and oxygen atoms in total. The Morgan fingerprint density at radius 3 is 2.30 bits per heavy atom. The van der Waals surface area contributed by atoms with Crippen LogP contribution in [-0.4, -0.2) is 206 Å². The maximum absolute atomic E-state index is 14.3. The highest BCUT2D eigenvalue weighted by Gasteiger charge is 2.64. The fraction of sp³-hybridized carbons (Fsp3) is 0.880. The molecule has 0 aromatic carbocycles. The third-order valence-corrected chi connectivity index (χ3v) is 16.6. The molecule has 1 spiro atoms. The van der Waals surface area contributed by atoms with Gasteiger partial charge in [0, 0.05) is 77.6 Å². The van der Waals surface area contributed by atoms with Gasteiger partial charge in [-0.1, -0.05) is 20.8 Å². The number of likely N-dealkylation sites (N-methyl/N-ethyl adjacent to an activating group) is 2. The Hall–Kier alpha value is -2.10. The highest BCUT2D eigenvalue weighted by atomic mass is 16.7. The van der Waals surface area contributed by atoms with Crippen molar-refractivity contribution in [3.8, 4) is 5.75 Å². The van der Waals surface area contributed by atoms with Gasteiger partial charge in [0.25, 0.3) is 0 Å². The average Bonchev–Trinajstić information content (AvgIpc) is 3.64. The molecule has 0 saturated carbocycles. The second-order valence-corrected chi connectivity index (χ2v) is 21.1. The second kappa shape index (κ2) is 22.1. The average molecular weight is 950 g/mol. The van der Waals surface area contributed by atoms with Crippen molar-refractivity contribution >= 4 is 5.97 Å². The Kier molecular flexibility index (Phi) is 17.9. The van der Waals surface area contributed by atoms with Gasteiger partial charge in [-0.25, -0.2) is 0 Å². The van der Waals surface area contributed by atoms with Gasteiger partial charge in [-0.05, 0) is 107 Å². The highest BCUT2D eigenvalue weighted by Crippen LogP contribution is 2.49. The topological polar surface area (TPSA) is 166 Å². The fourth-order valence-corrected chi connectivity index (χ4v) is 11.9. The van der Waals surface area contributed by atoms with Crippen LogP contribution in [0.3, 0.4) is 0 Å². The lowest BCUT2D eigenvalue weighted by Crippen LogP contribution is -2.68. The van der Waals surface area contributed by atoms with Gasteiger partial charge in [-0.15, -0.1) is 0 Å². The molecule has 6 fully saturated rings. The summed E-state index contributed by atoms with van der Waals surface area (Å²) in [4.78, 5) is 27.9. The van der Waals surface area contributed by atoms with Crippen molar-refractivity contribution in [2.24, 2.45) is 17.8 Å². The molecule has 67 heavy (non-hydrogen) atoms. The molecule has 7 heterocycles. The molecule has 6 saturated heterocycles. The van der Waals surface area contributed by atoms with Crippen LogP contribution in [0.4, 0.5) is 0 Å². The Morgan fingerprint density at radius 2 is 1.67 bits per heavy atom. The molecule has 1 aromatic rings. The van der Waals surface area contributed by atoms with Crippen molar-refractivity contribution in [1.82, 2.24) is 24.6 Å². The Bertz CT molecular complexity index is 1760. The van der Waals surface area contributed by atoms with Crippen LogP contribution in [0, 0.1) is 17.8 Å². The van der Waals surface area contributed by atoms with Gasteiger partial charge in [0.1, 0.15) is 35.4 Å². The van der Waals surface area contributed by atoms with Gasteiger partial charge < -0.3 is 57.7 Å². The number of aliphatic hydroxyl groups excluding tert-OH is 2. The summed E-state index contributed by atoms with van der Waals surface area (Å²) in [5, 5.41) is 23.6. The lowest BCUT2D eigenvalue weighted by molar-refractivity contribution is -0.339. The van der Waals surface area contributed by atoms with E-state index in [2.05, 4.69) is 47.4 Å². The monoisotopic (exact) mass is 950 g/mol. The number of fused-ring (bicyclic) bond motifs is 10. The minimum atomic E-state index is -1.05. The number of ether oxygens (including phenoxy) is 9. The van der Waals surface area contributed by atoms with E-state index in [0.29, 0.717) is 38.9 Å². The predicted molar refractivity (Wildman–Crippen MR) is 252 cm³/mol. The third kappa shape index (κ3) is 11.0. The van der Waals surface area contributed by atoms with Gasteiger partial charge in [0.05, 0.1) is 60.9 Å². The van der Waals surface area contributed by atoms with Crippen molar-refractivity contribution in [3.63, 3.8) is 0 Å². The maximum Gasteiger partial charge on any atom is 0.311 e. The smallest absolute Gasteiger partial charge is 0.311 e. The number of methoxy groups -OCH3 is 3. The molecule has 18 atom stereocenters.